The lowest BCUT2D eigenvalue weighted by Gasteiger charge is -2.17. The molecule has 22 heavy (non-hydrogen) atoms. The lowest BCUT2D eigenvalue weighted by atomic mass is 10.3. The van der Waals surface area contributed by atoms with E-state index in [-0.39, 0.29) is 0 Å². The van der Waals surface area contributed by atoms with Crippen molar-refractivity contribution in [2.24, 2.45) is 0 Å². The van der Waals surface area contributed by atoms with E-state index in [4.69, 9.17) is 9.47 Å². The predicted octanol–water partition coefficient (Wildman–Crippen LogP) is 1.60. The van der Waals surface area contributed by atoms with Crippen molar-refractivity contribution in [3.63, 3.8) is 0 Å². The van der Waals surface area contributed by atoms with Gasteiger partial charge in [-0.15, -0.1) is 0 Å². The van der Waals surface area contributed by atoms with E-state index < -0.39 is 30.1 Å². The summed E-state index contributed by atoms with van der Waals surface area (Å²) in [7, 11) is 1.37. The van der Waals surface area contributed by atoms with Crippen molar-refractivity contribution in [2.75, 3.05) is 7.05 Å². The van der Waals surface area contributed by atoms with Gasteiger partial charge in [0.2, 0.25) is 0 Å². The summed E-state index contributed by atoms with van der Waals surface area (Å²) >= 11 is 3.29. The highest BCUT2D eigenvalue weighted by molar-refractivity contribution is 9.10. The average Bonchev–Trinajstić information content (AvgIpc) is 2.49. The Bertz CT molecular complexity index is 547. The molecule has 2 N–H and O–H groups in total. The first-order valence-corrected chi connectivity index (χ1v) is 7.28. The lowest BCUT2D eigenvalue weighted by Crippen LogP contribution is -2.44. The number of nitrogens with one attached hydrogen (secondary N) is 2. The maximum atomic E-state index is 11.8. The minimum absolute atomic E-state index is 0.495. The summed E-state index contributed by atoms with van der Waals surface area (Å²) in [6.45, 7) is 2.87. The molecule has 7 nitrogen and oxygen atoms in total. The van der Waals surface area contributed by atoms with Crippen LogP contribution >= 0.6 is 15.9 Å². The highest BCUT2D eigenvalue weighted by Crippen LogP contribution is 2.17. The van der Waals surface area contributed by atoms with Gasteiger partial charge in [-0.1, -0.05) is 15.9 Å². The van der Waals surface area contributed by atoms with E-state index in [1.165, 1.54) is 20.9 Å². The molecule has 0 unspecified atom stereocenters. The van der Waals surface area contributed by atoms with Crippen LogP contribution in [0.2, 0.25) is 0 Å². The van der Waals surface area contributed by atoms with Gasteiger partial charge in [-0.3, -0.25) is 10.1 Å². The number of ether oxygens (including phenoxy) is 2. The highest BCUT2D eigenvalue weighted by atomic mass is 79.9. The standard InChI is InChI=1S/C14H17BrN2O5/c1-8(12(18)17-14(20)16-3)22-13(19)9(2)21-11-6-4-10(15)5-7-11/h4-9H,1-3H3,(H2,16,17,18,20)/t8-,9-/m1/s1. The Labute approximate surface area is 136 Å². The topological polar surface area (TPSA) is 93.7 Å². The molecule has 0 bridgehead atoms. The summed E-state index contributed by atoms with van der Waals surface area (Å²) in [5.74, 6) is -0.930. The highest BCUT2D eigenvalue weighted by Gasteiger charge is 2.24. The van der Waals surface area contributed by atoms with Crippen LogP contribution < -0.4 is 15.4 Å². The van der Waals surface area contributed by atoms with Gasteiger partial charge in [0.15, 0.2) is 12.2 Å². The molecule has 1 aromatic rings. The first-order chi connectivity index (χ1) is 10.3. The van der Waals surface area contributed by atoms with Crippen LogP contribution in [0.4, 0.5) is 4.79 Å². The van der Waals surface area contributed by atoms with Crippen molar-refractivity contribution in [1.82, 2.24) is 10.6 Å². The summed E-state index contributed by atoms with van der Waals surface area (Å²) in [6.07, 6.45) is -2.00. The summed E-state index contributed by atoms with van der Waals surface area (Å²) in [5, 5.41) is 4.24. The Hall–Kier alpha value is -2.09. The first-order valence-electron chi connectivity index (χ1n) is 6.48. The van der Waals surface area contributed by atoms with Gasteiger partial charge in [-0.25, -0.2) is 9.59 Å². The minimum atomic E-state index is -1.11. The van der Waals surface area contributed by atoms with Crippen LogP contribution in [0, 0.1) is 0 Å². The largest absolute Gasteiger partial charge is 0.479 e. The van der Waals surface area contributed by atoms with E-state index >= 15 is 0 Å². The van der Waals surface area contributed by atoms with E-state index in [0.29, 0.717) is 5.75 Å². The van der Waals surface area contributed by atoms with Crippen LogP contribution in [-0.4, -0.2) is 37.2 Å². The lowest BCUT2D eigenvalue weighted by molar-refractivity contribution is -0.160. The van der Waals surface area contributed by atoms with E-state index in [1.54, 1.807) is 24.3 Å². The van der Waals surface area contributed by atoms with Crippen molar-refractivity contribution >= 4 is 33.8 Å². The van der Waals surface area contributed by atoms with Gasteiger partial charge in [0, 0.05) is 11.5 Å². The van der Waals surface area contributed by atoms with Crippen LogP contribution in [0.3, 0.4) is 0 Å². The molecule has 1 aromatic carbocycles. The number of carbonyl (C=O) groups is 3. The van der Waals surface area contributed by atoms with Gasteiger partial charge in [-0.05, 0) is 38.1 Å². The fourth-order valence-corrected chi connectivity index (χ4v) is 1.63. The van der Waals surface area contributed by atoms with E-state index in [9.17, 15) is 14.4 Å². The Morgan fingerprint density at radius 1 is 1.09 bits per heavy atom. The molecule has 0 aliphatic heterocycles. The zero-order valence-electron chi connectivity index (χ0n) is 12.4. The summed E-state index contributed by atoms with van der Waals surface area (Å²) in [6, 6.07) is 6.25. The minimum Gasteiger partial charge on any atom is -0.479 e. The van der Waals surface area contributed by atoms with E-state index in [1.807, 2.05) is 5.32 Å². The average molecular weight is 373 g/mol. The van der Waals surface area contributed by atoms with E-state index in [0.717, 1.165) is 4.47 Å². The van der Waals surface area contributed by atoms with Crippen molar-refractivity contribution in [3.8, 4) is 5.75 Å². The number of amides is 3. The third-order valence-electron chi connectivity index (χ3n) is 2.58. The van der Waals surface area contributed by atoms with Crippen molar-refractivity contribution in [1.29, 1.82) is 0 Å². The van der Waals surface area contributed by atoms with Crippen molar-refractivity contribution in [3.05, 3.63) is 28.7 Å². The molecular formula is C14H17BrN2O5. The molecule has 0 aromatic heterocycles. The van der Waals surface area contributed by atoms with Gasteiger partial charge in [0.25, 0.3) is 5.91 Å². The molecule has 0 spiro atoms. The number of esters is 1. The van der Waals surface area contributed by atoms with Gasteiger partial charge >= 0.3 is 12.0 Å². The third kappa shape index (κ3) is 5.72. The molecule has 0 heterocycles. The molecule has 0 aliphatic carbocycles. The van der Waals surface area contributed by atoms with Crippen LogP contribution in [0.5, 0.6) is 5.75 Å². The molecule has 0 radical (unpaired) electrons. The molecule has 3 amide bonds. The number of urea groups is 1. The number of carbonyl (C=O) groups excluding carboxylic acids is 3. The van der Waals surface area contributed by atoms with E-state index in [2.05, 4.69) is 21.2 Å². The zero-order chi connectivity index (χ0) is 16.7. The molecule has 0 saturated carbocycles. The normalized spacial score (nSPS) is 12.7. The van der Waals surface area contributed by atoms with Gasteiger partial charge in [0.1, 0.15) is 5.75 Å². The predicted molar refractivity (Wildman–Crippen MR) is 82.4 cm³/mol. The number of hydrogen-bond acceptors (Lipinski definition) is 5. The molecule has 0 aliphatic rings. The van der Waals surface area contributed by atoms with Gasteiger partial charge in [-0.2, -0.15) is 0 Å². The van der Waals surface area contributed by atoms with Crippen LogP contribution in [-0.2, 0) is 14.3 Å². The second-order valence-corrected chi connectivity index (χ2v) is 5.28. The number of rotatable bonds is 5. The first kappa shape index (κ1) is 18.0. The van der Waals surface area contributed by atoms with Gasteiger partial charge < -0.3 is 14.8 Å². The quantitative estimate of drug-likeness (QED) is 0.765. The van der Waals surface area contributed by atoms with Crippen LogP contribution in [0.1, 0.15) is 13.8 Å². The second kappa shape index (κ2) is 8.38. The monoisotopic (exact) mass is 372 g/mol. The Morgan fingerprint density at radius 3 is 2.23 bits per heavy atom. The summed E-state index contributed by atoms with van der Waals surface area (Å²) in [5.41, 5.74) is 0. The summed E-state index contributed by atoms with van der Waals surface area (Å²) in [4.78, 5) is 34.4. The number of hydrogen-bond donors (Lipinski definition) is 2. The Balaban J connectivity index is 2.51. The van der Waals surface area contributed by atoms with Crippen molar-refractivity contribution in [2.45, 2.75) is 26.1 Å². The maximum Gasteiger partial charge on any atom is 0.347 e. The Morgan fingerprint density at radius 2 is 1.68 bits per heavy atom. The Kier molecular flexibility index (Phi) is 6.84. The molecule has 120 valence electrons. The van der Waals surface area contributed by atoms with Crippen LogP contribution in [0.25, 0.3) is 0 Å². The molecule has 8 heteroatoms. The SMILES string of the molecule is CNC(=O)NC(=O)[C@@H](C)OC(=O)[C@@H](C)Oc1ccc(Br)cc1. The number of imide groups is 1. The molecule has 0 fully saturated rings. The molecule has 0 saturated heterocycles. The third-order valence-corrected chi connectivity index (χ3v) is 3.11. The fraction of sp³-hybridized carbons (Fsp3) is 0.357. The molecule has 2 atom stereocenters. The second-order valence-electron chi connectivity index (χ2n) is 4.36. The number of benzene rings is 1. The zero-order valence-corrected chi connectivity index (χ0v) is 14.0. The molecular weight excluding hydrogens is 356 g/mol. The maximum absolute atomic E-state index is 11.8. The van der Waals surface area contributed by atoms with Gasteiger partial charge in [0.05, 0.1) is 0 Å². The van der Waals surface area contributed by atoms with Crippen LogP contribution in [0.15, 0.2) is 28.7 Å². The summed E-state index contributed by atoms with van der Waals surface area (Å²) < 4.78 is 11.2. The molecule has 1 rings (SSSR count). The smallest absolute Gasteiger partial charge is 0.347 e. The van der Waals surface area contributed by atoms with Crippen molar-refractivity contribution < 1.29 is 23.9 Å². The number of halogens is 1. The fourth-order valence-electron chi connectivity index (χ4n) is 1.36.